The van der Waals surface area contributed by atoms with Crippen molar-refractivity contribution in [1.29, 1.82) is 0 Å². The van der Waals surface area contributed by atoms with Gasteiger partial charge in [0.15, 0.2) is 0 Å². The first-order chi connectivity index (χ1) is 9.40. The zero-order chi connectivity index (χ0) is 16.4. The lowest BCUT2D eigenvalue weighted by Crippen LogP contribution is -2.18. The third-order valence-corrected chi connectivity index (χ3v) is 2.74. The Hall–Kier alpha value is -0.590. The smallest absolute Gasteiger partial charge is 0.141 e. The molecule has 0 aromatic heterocycles. The number of rotatable bonds is 7. The van der Waals surface area contributed by atoms with Crippen LogP contribution in [-0.4, -0.2) is 5.78 Å². The van der Waals surface area contributed by atoms with Gasteiger partial charge in [0.05, 0.1) is 0 Å². The average Bonchev–Trinajstić information content (AvgIpc) is 2.41. The molecule has 20 heavy (non-hydrogen) atoms. The molecule has 0 unspecified atom stereocenters. The Morgan fingerprint density at radius 2 is 1.30 bits per heavy atom. The highest BCUT2D eigenvalue weighted by atomic mass is 16.1. The van der Waals surface area contributed by atoms with E-state index in [4.69, 9.17) is 0 Å². The minimum Gasteiger partial charge on any atom is -0.299 e. The number of unbranched alkanes of at least 4 members (excludes halogenated alkanes) is 4. The highest BCUT2D eigenvalue weighted by Crippen LogP contribution is 2.16. The fourth-order valence-corrected chi connectivity index (χ4v) is 1.29. The number of carbonyl (C=O) groups excluding carboxylic acids is 1. The molecule has 0 saturated carbocycles. The molecule has 0 atom stereocenters. The minimum absolute atomic E-state index is 0.185. The average molecular weight is 285 g/mol. The molecule has 1 nitrogen and oxygen atoms in total. The molecule has 0 rings (SSSR count). The van der Waals surface area contributed by atoms with Gasteiger partial charge < -0.3 is 0 Å². The maximum Gasteiger partial charge on any atom is 0.141 e. The summed E-state index contributed by atoms with van der Waals surface area (Å²) in [5.41, 5.74) is -0.185. The van der Waals surface area contributed by atoms with Crippen molar-refractivity contribution in [3.8, 4) is 0 Å². The molecule has 0 aromatic carbocycles. The molecule has 0 fully saturated rings. The van der Waals surface area contributed by atoms with Crippen molar-refractivity contribution in [2.24, 2.45) is 5.41 Å². The van der Waals surface area contributed by atoms with Gasteiger partial charge in [-0.15, -0.1) is 0 Å². The molecular weight excluding hydrogens is 244 g/mol. The zero-order valence-corrected chi connectivity index (χ0v) is 15.5. The molecular formula is C19H40O. The summed E-state index contributed by atoms with van der Waals surface area (Å²) in [4.78, 5) is 11.4. The van der Waals surface area contributed by atoms with Gasteiger partial charge >= 0.3 is 0 Å². The fraction of sp³-hybridized carbons (Fsp3) is 0.842. The number of hydrogen-bond donors (Lipinski definition) is 0. The van der Waals surface area contributed by atoms with Crippen molar-refractivity contribution in [1.82, 2.24) is 0 Å². The number of hydrogen-bond acceptors (Lipinski definition) is 1. The van der Waals surface area contributed by atoms with Crippen LogP contribution in [0.3, 0.4) is 0 Å². The molecule has 122 valence electrons. The van der Waals surface area contributed by atoms with Crippen LogP contribution in [0.2, 0.25) is 0 Å². The van der Waals surface area contributed by atoms with Gasteiger partial charge in [0, 0.05) is 11.8 Å². The van der Waals surface area contributed by atoms with E-state index in [1.165, 1.54) is 32.1 Å². The molecule has 1 heteroatoms. The second-order valence-corrected chi connectivity index (χ2v) is 5.84. The zero-order valence-electron chi connectivity index (χ0n) is 15.5. The van der Waals surface area contributed by atoms with Gasteiger partial charge in [-0.2, -0.15) is 0 Å². The quantitative estimate of drug-likeness (QED) is 0.365. The van der Waals surface area contributed by atoms with E-state index in [0.29, 0.717) is 12.2 Å². The summed E-state index contributed by atoms with van der Waals surface area (Å²) in [6.45, 7) is 16.5. The fourth-order valence-electron chi connectivity index (χ4n) is 1.29. The summed E-state index contributed by atoms with van der Waals surface area (Å²) in [5.74, 6) is 0.320. The molecule has 0 saturated heterocycles. The van der Waals surface area contributed by atoms with Crippen LogP contribution in [0.25, 0.3) is 0 Å². The Labute approximate surface area is 129 Å². The van der Waals surface area contributed by atoms with Crippen LogP contribution < -0.4 is 0 Å². The highest BCUT2D eigenvalue weighted by molar-refractivity contribution is 5.84. The van der Waals surface area contributed by atoms with Crippen molar-refractivity contribution < 1.29 is 4.79 Å². The van der Waals surface area contributed by atoms with Crippen molar-refractivity contribution in [2.75, 3.05) is 0 Å². The summed E-state index contributed by atoms with van der Waals surface area (Å²) in [6, 6.07) is 0. The summed E-state index contributed by atoms with van der Waals surface area (Å²) in [5, 5.41) is 0. The van der Waals surface area contributed by atoms with Crippen LogP contribution in [0.1, 0.15) is 100 Å². The van der Waals surface area contributed by atoms with Gasteiger partial charge in [0.1, 0.15) is 5.78 Å². The van der Waals surface area contributed by atoms with Crippen LogP contribution in [0.5, 0.6) is 0 Å². The Morgan fingerprint density at radius 1 is 0.850 bits per heavy atom. The molecule has 0 amide bonds. The summed E-state index contributed by atoms with van der Waals surface area (Å²) < 4.78 is 0. The van der Waals surface area contributed by atoms with Crippen LogP contribution in [0.4, 0.5) is 0 Å². The van der Waals surface area contributed by atoms with Crippen LogP contribution in [-0.2, 0) is 4.79 Å². The largest absolute Gasteiger partial charge is 0.299 e. The van der Waals surface area contributed by atoms with Crippen LogP contribution >= 0.6 is 0 Å². The number of allylic oxidation sites excluding steroid dienone is 2. The molecule has 0 aliphatic carbocycles. The number of ketones is 1. The molecule has 0 radical (unpaired) electrons. The first-order valence-electron chi connectivity index (χ1n) is 8.58. The third-order valence-electron chi connectivity index (χ3n) is 2.74. The Balaban J connectivity index is -0.000000346. The molecule has 0 spiro atoms. The minimum atomic E-state index is -0.185. The van der Waals surface area contributed by atoms with Crippen molar-refractivity contribution in [3.05, 3.63) is 12.2 Å². The van der Waals surface area contributed by atoms with Crippen LogP contribution in [0.15, 0.2) is 12.2 Å². The SMILES string of the molecule is CC.CCCC/C=C\CC(=O)C(C)(C)C.CCCCC. The van der Waals surface area contributed by atoms with Gasteiger partial charge in [0.25, 0.3) is 0 Å². The number of carbonyl (C=O) groups is 1. The van der Waals surface area contributed by atoms with E-state index in [1.54, 1.807) is 0 Å². The molecule has 0 aromatic rings. The van der Waals surface area contributed by atoms with E-state index < -0.39 is 0 Å². The van der Waals surface area contributed by atoms with Gasteiger partial charge in [-0.1, -0.05) is 99.6 Å². The lowest BCUT2D eigenvalue weighted by Gasteiger charge is -2.14. The molecule has 0 bridgehead atoms. The van der Waals surface area contributed by atoms with Gasteiger partial charge in [0.2, 0.25) is 0 Å². The second kappa shape index (κ2) is 18.4. The lowest BCUT2D eigenvalue weighted by molar-refractivity contribution is -0.125. The van der Waals surface area contributed by atoms with E-state index in [0.717, 1.165) is 6.42 Å². The molecule has 0 aliphatic heterocycles. The second-order valence-electron chi connectivity index (χ2n) is 5.84. The van der Waals surface area contributed by atoms with Crippen molar-refractivity contribution in [2.45, 2.75) is 100 Å². The standard InChI is InChI=1S/C12H22O.C5H12.C2H6/c1-5-6-7-8-9-10-11(13)12(2,3)4;1-3-5-4-2;1-2/h8-9H,5-7,10H2,1-4H3;3-5H2,1-2H3;1-2H3/b9-8-;;. The van der Waals surface area contributed by atoms with E-state index in [1.807, 2.05) is 40.7 Å². The predicted octanol–water partition coefficient (Wildman–Crippen LogP) is 6.96. The molecule has 0 aliphatic rings. The van der Waals surface area contributed by atoms with Gasteiger partial charge in [-0.05, 0) is 6.42 Å². The first-order valence-corrected chi connectivity index (χ1v) is 8.58. The maximum atomic E-state index is 11.4. The third kappa shape index (κ3) is 22.6. The maximum absolute atomic E-state index is 11.4. The Bertz CT molecular complexity index is 206. The van der Waals surface area contributed by atoms with Gasteiger partial charge in [-0.25, -0.2) is 0 Å². The topological polar surface area (TPSA) is 17.1 Å². The predicted molar refractivity (Wildman–Crippen MR) is 94.3 cm³/mol. The highest BCUT2D eigenvalue weighted by Gasteiger charge is 2.18. The normalized spacial score (nSPS) is 10.4. The molecule has 0 N–H and O–H groups in total. The van der Waals surface area contributed by atoms with E-state index >= 15 is 0 Å². The van der Waals surface area contributed by atoms with E-state index in [9.17, 15) is 4.79 Å². The van der Waals surface area contributed by atoms with Crippen molar-refractivity contribution >= 4 is 5.78 Å². The van der Waals surface area contributed by atoms with Crippen molar-refractivity contribution in [3.63, 3.8) is 0 Å². The Morgan fingerprint density at radius 3 is 1.60 bits per heavy atom. The lowest BCUT2D eigenvalue weighted by atomic mass is 9.89. The number of Topliss-reactive ketones (excluding diaryl/α,β-unsaturated/α-hetero) is 1. The summed E-state index contributed by atoms with van der Waals surface area (Å²) in [6.07, 6.45) is 12.3. The molecule has 0 heterocycles. The van der Waals surface area contributed by atoms with E-state index in [2.05, 4.69) is 26.8 Å². The van der Waals surface area contributed by atoms with E-state index in [-0.39, 0.29) is 5.41 Å². The van der Waals surface area contributed by atoms with Gasteiger partial charge in [-0.3, -0.25) is 4.79 Å². The summed E-state index contributed by atoms with van der Waals surface area (Å²) >= 11 is 0. The Kier molecular flexibility index (Phi) is 22.5. The summed E-state index contributed by atoms with van der Waals surface area (Å²) in [7, 11) is 0. The monoisotopic (exact) mass is 284 g/mol. The first kappa shape index (κ1) is 24.4. The van der Waals surface area contributed by atoms with Crippen LogP contribution in [0, 0.1) is 5.41 Å².